The molecular formula is C22H18F2N4O2. The minimum Gasteiger partial charge on any atom is -0.435 e. The molecule has 152 valence electrons. The summed E-state index contributed by atoms with van der Waals surface area (Å²) >= 11 is 0. The predicted octanol–water partition coefficient (Wildman–Crippen LogP) is 3.94. The average molecular weight is 408 g/mol. The van der Waals surface area contributed by atoms with Crippen LogP contribution in [0.5, 0.6) is 5.75 Å². The van der Waals surface area contributed by atoms with Gasteiger partial charge < -0.3 is 10.1 Å². The van der Waals surface area contributed by atoms with Crippen LogP contribution in [-0.4, -0.2) is 27.5 Å². The Labute approximate surface area is 171 Å². The van der Waals surface area contributed by atoms with Crippen LogP contribution < -0.4 is 10.1 Å². The molecule has 0 bridgehead atoms. The average Bonchev–Trinajstić information content (AvgIpc) is 3.16. The lowest BCUT2D eigenvalue weighted by molar-refractivity contribution is -0.122. The number of benzene rings is 3. The zero-order chi connectivity index (χ0) is 20.9. The van der Waals surface area contributed by atoms with Crippen LogP contribution in [0.25, 0.3) is 11.0 Å². The summed E-state index contributed by atoms with van der Waals surface area (Å²) in [6, 6.07) is 22.5. The molecule has 30 heavy (non-hydrogen) atoms. The lowest BCUT2D eigenvalue weighted by Gasteiger charge is -2.20. The number of hydrogen-bond donors (Lipinski definition) is 1. The molecule has 1 N–H and O–H groups in total. The summed E-state index contributed by atoms with van der Waals surface area (Å²) in [4.78, 5) is 12.8. The largest absolute Gasteiger partial charge is 0.435 e. The van der Waals surface area contributed by atoms with E-state index in [-0.39, 0.29) is 18.2 Å². The van der Waals surface area contributed by atoms with E-state index in [1.54, 1.807) is 12.1 Å². The first kappa shape index (κ1) is 19.5. The molecule has 0 aliphatic carbocycles. The molecule has 0 aliphatic heterocycles. The van der Waals surface area contributed by atoms with Crippen LogP contribution in [0.4, 0.5) is 8.78 Å². The fourth-order valence-electron chi connectivity index (χ4n) is 3.22. The maximum atomic E-state index is 12.8. The Morgan fingerprint density at radius 2 is 1.60 bits per heavy atom. The lowest BCUT2D eigenvalue weighted by atomic mass is 9.98. The number of amides is 1. The van der Waals surface area contributed by atoms with Crippen LogP contribution in [0.2, 0.25) is 0 Å². The van der Waals surface area contributed by atoms with Gasteiger partial charge in [-0.05, 0) is 35.4 Å². The molecule has 1 atom stereocenters. The maximum absolute atomic E-state index is 12.8. The SMILES string of the molecule is O=C(Cn1nnc2ccccc21)NC(c1ccccc1)c1ccc(OC(F)F)cc1. The summed E-state index contributed by atoms with van der Waals surface area (Å²) in [6.07, 6.45) is 0. The molecule has 0 fully saturated rings. The van der Waals surface area contributed by atoms with E-state index in [4.69, 9.17) is 0 Å². The van der Waals surface area contributed by atoms with Crippen molar-refractivity contribution >= 4 is 16.9 Å². The molecule has 8 heteroatoms. The summed E-state index contributed by atoms with van der Waals surface area (Å²) in [5.41, 5.74) is 3.06. The van der Waals surface area contributed by atoms with E-state index in [1.807, 2.05) is 54.6 Å². The number of halogens is 2. The number of aromatic nitrogens is 3. The van der Waals surface area contributed by atoms with E-state index in [0.29, 0.717) is 5.52 Å². The number of fused-ring (bicyclic) bond motifs is 1. The van der Waals surface area contributed by atoms with Gasteiger partial charge in [-0.15, -0.1) is 5.10 Å². The van der Waals surface area contributed by atoms with Gasteiger partial charge >= 0.3 is 6.61 Å². The molecule has 4 aromatic rings. The molecular weight excluding hydrogens is 390 g/mol. The summed E-state index contributed by atoms with van der Waals surface area (Å²) in [7, 11) is 0. The van der Waals surface area contributed by atoms with E-state index in [9.17, 15) is 13.6 Å². The number of rotatable bonds is 7. The van der Waals surface area contributed by atoms with Crippen LogP contribution in [0.3, 0.4) is 0 Å². The second-order valence-electron chi connectivity index (χ2n) is 6.59. The molecule has 4 rings (SSSR count). The second kappa shape index (κ2) is 8.69. The van der Waals surface area contributed by atoms with Crippen LogP contribution in [0.15, 0.2) is 78.9 Å². The van der Waals surface area contributed by atoms with E-state index >= 15 is 0 Å². The second-order valence-corrected chi connectivity index (χ2v) is 6.59. The van der Waals surface area contributed by atoms with Gasteiger partial charge in [0.15, 0.2) is 0 Å². The van der Waals surface area contributed by atoms with Crippen molar-refractivity contribution in [2.75, 3.05) is 0 Å². The molecule has 0 saturated heterocycles. The van der Waals surface area contributed by atoms with Crippen molar-refractivity contribution in [3.63, 3.8) is 0 Å². The third kappa shape index (κ3) is 4.43. The number of nitrogens with zero attached hydrogens (tertiary/aromatic N) is 3. The van der Waals surface area contributed by atoms with Crippen LogP contribution in [0, 0.1) is 0 Å². The first-order valence-corrected chi connectivity index (χ1v) is 9.27. The lowest BCUT2D eigenvalue weighted by Crippen LogP contribution is -2.32. The van der Waals surface area contributed by atoms with Crippen LogP contribution in [-0.2, 0) is 11.3 Å². The van der Waals surface area contributed by atoms with Gasteiger partial charge in [-0.25, -0.2) is 4.68 Å². The van der Waals surface area contributed by atoms with Gasteiger partial charge in [0, 0.05) is 0 Å². The Hall–Kier alpha value is -3.81. The minimum atomic E-state index is -2.89. The minimum absolute atomic E-state index is 0.00355. The first-order chi connectivity index (χ1) is 14.6. The molecule has 1 aromatic heterocycles. The number of para-hydroxylation sites is 1. The van der Waals surface area contributed by atoms with Crippen molar-refractivity contribution in [1.29, 1.82) is 0 Å². The van der Waals surface area contributed by atoms with Crippen molar-refractivity contribution in [2.45, 2.75) is 19.2 Å². The van der Waals surface area contributed by atoms with Gasteiger partial charge in [0.2, 0.25) is 5.91 Å². The van der Waals surface area contributed by atoms with Gasteiger partial charge in [-0.1, -0.05) is 59.8 Å². The van der Waals surface area contributed by atoms with Crippen LogP contribution >= 0.6 is 0 Å². The highest BCUT2D eigenvalue weighted by Crippen LogP contribution is 2.25. The highest BCUT2D eigenvalue weighted by molar-refractivity contribution is 5.80. The Morgan fingerprint density at radius 3 is 2.33 bits per heavy atom. The Morgan fingerprint density at radius 1 is 0.933 bits per heavy atom. The van der Waals surface area contributed by atoms with Gasteiger partial charge in [-0.3, -0.25) is 4.79 Å². The fraction of sp³-hybridized carbons (Fsp3) is 0.136. The van der Waals surface area contributed by atoms with Crippen molar-refractivity contribution < 1.29 is 18.3 Å². The normalized spacial score (nSPS) is 12.1. The first-order valence-electron chi connectivity index (χ1n) is 9.27. The monoisotopic (exact) mass is 408 g/mol. The molecule has 6 nitrogen and oxygen atoms in total. The van der Waals surface area contributed by atoms with E-state index in [0.717, 1.165) is 16.6 Å². The predicted molar refractivity (Wildman–Crippen MR) is 107 cm³/mol. The van der Waals surface area contributed by atoms with Crippen molar-refractivity contribution in [2.24, 2.45) is 0 Å². The van der Waals surface area contributed by atoms with E-state index < -0.39 is 12.7 Å². The van der Waals surface area contributed by atoms with Gasteiger partial charge in [0.1, 0.15) is 17.8 Å². The van der Waals surface area contributed by atoms with Gasteiger partial charge in [-0.2, -0.15) is 8.78 Å². The van der Waals surface area contributed by atoms with Crippen molar-refractivity contribution in [3.8, 4) is 5.75 Å². The number of alkyl halides is 2. The molecule has 3 aromatic carbocycles. The zero-order valence-corrected chi connectivity index (χ0v) is 15.8. The summed E-state index contributed by atoms with van der Waals surface area (Å²) in [5, 5.41) is 11.1. The Balaban J connectivity index is 1.56. The number of carbonyl (C=O) groups is 1. The number of nitrogens with one attached hydrogen (secondary N) is 1. The highest BCUT2D eigenvalue weighted by Gasteiger charge is 2.18. The van der Waals surface area contributed by atoms with E-state index in [2.05, 4.69) is 20.4 Å². The molecule has 1 unspecified atom stereocenters. The smallest absolute Gasteiger partial charge is 0.387 e. The third-order valence-corrected chi connectivity index (χ3v) is 4.59. The third-order valence-electron chi connectivity index (χ3n) is 4.59. The van der Waals surface area contributed by atoms with Crippen molar-refractivity contribution in [1.82, 2.24) is 20.3 Å². The Bertz CT molecular complexity index is 1130. The van der Waals surface area contributed by atoms with Gasteiger partial charge in [0.25, 0.3) is 0 Å². The molecule has 1 heterocycles. The summed E-state index contributed by atoms with van der Waals surface area (Å²) < 4.78 is 30.8. The zero-order valence-electron chi connectivity index (χ0n) is 15.8. The Kier molecular flexibility index (Phi) is 5.65. The van der Waals surface area contributed by atoms with Crippen LogP contribution in [0.1, 0.15) is 17.2 Å². The molecule has 0 radical (unpaired) electrons. The number of ether oxygens (including phenoxy) is 1. The van der Waals surface area contributed by atoms with Gasteiger partial charge in [0.05, 0.1) is 11.6 Å². The maximum Gasteiger partial charge on any atom is 0.387 e. The standard InChI is InChI=1S/C22H18F2N4O2/c23-22(24)30-17-12-10-16(11-13-17)21(15-6-2-1-3-7-15)25-20(29)14-28-19-9-5-4-8-18(19)26-27-28/h1-13,21-22H,14H2,(H,25,29). The number of carbonyl (C=O) groups excluding carboxylic acids is 1. The summed E-state index contributed by atoms with van der Waals surface area (Å²) in [5.74, 6) is -0.201. The molecule has 0 saturated carbocycles. The molecule has 1 amide bonds. The topological polar surface area (TPSA) is 69.0 Å². The quantitative estimate of drug-likeness (QED) is 0.503. The van der Waals surface area contributed by atoms with Crippen molar-refractivity contribution in [3.05, 3.63) is 90.0 Å². The van der Waals surface area contributed by atoms with E-state index in [1.165, 1.54) is 16.8 Å². The molecule has 0 spiro atoms. The highest BCUT2D eigenvalue weighted by atomic mass is 19.3. The molecule has 0 aliphatic rings. The number of hydrogen-bond acceptors (Lipinski definition) is 4. The summed E-state index contributed by atoms with van der Waals surface area (Å²) in [6.45, 7) is -2.89. The fourth-order valence-corrected chi connectivity index (χ4v) is 3.22.